The van der Waals surface area contributed by atoms with Gasteiger partial charge in [0.15, 0.2) is 5.65 Å². The smallest absolute Gasteiger partial charge is 0.163 e. The summed E-state index contributed by atoms with van der Waals surface area (Å²) in [7, 11) is 0. The minimum absolute atomic E-state index is 0.629. The summed E-state index contributed by atoms with van der Waals surface area (Å²) in [5, 5.41) is 13.7. The van der Waals surface area contributed by atoms with Crippen LogP contribution in [-0.2, 0) is 0 Å². The first kappa shape index (κ1) is 15.1. The molecule has 0 aliphatic carbocycles. The summed E-state index contributed by atoms with van der Waals surface area (Å²) >= 11 is 0. The predicted octanol–water partition coefficient (Wildman–Crippen LogP) is 4.55. The number of fused-ring (bicyclic) bond motifs is 1. The summed E-state index contributed by atoms with van der Waals surface area (Å²) in [5.74, 6) is 0. The van der Waals surface area contributed by atoms with E-state index in [9.17, 15) is 0 Å². The van der Waals surface area contributed by atoms with Crippen LogP contribution in [0, 0.1) is 25.2 Å². The summed E-state index contributed by atoms with van der Waals surface area (Å²) in [6.45, 7) is 4.18. The minimum atomic E-state index is 0.629. The van der Waals surface area contributed by atoms with Gasteiger partial charge in [0.25, 0.3) is 0 Å². The topological polar surface area (TPSA) is 54.0 Å². The molecule has 120 valence electrons. The van der Waals surface area contributed by atoms with Crippen molar-refractivity contribution in [1.29, 1.82) is 5.26 Å². The molecule has 4 heteroatoms. The Balaban J connectivity index is 1.93. The third kappa shape index (κ3) is 2.66. The molecule has 4 aromatic rings. The van der Waals surface area contributed by atoms with Crippen molar-refractivity contribution in [2.24, 2.45) is 0 Å². The lowest BCUT2D eigenvalue weighted by molar-refractivity contribution is 0.948. The Bertz CT molecular complexity index is 1110. The third-order valence-corrected chi connectivity index (χ3v) is 4.22. The maximum absolute atomic E-state index is 9.14. The van der Waals surface area contributed by atoms with Gasteiger partial charge in [-0.15, -0.1) is 0 Å². The van der Waals surface area contributed by atoms with Gasteiger partial charge in [-0.25, -0.2) is 9.50 Å². The molecule has 0 aliphatic rings. The largest absolute Gasteiger partial charge is 0.236 e. The van der Waals surface area contributed by atoms with E-state index >= 15 is 0 Å². The highest BCUT2D eigenvalue weighted by molar-refractivity contribution is 5.79. The Labute approximate surface area is 146 Å². The molecule has 0 unspecified atom stereocenters. The van der Waals surface area contributed by atoms with Crippen LogP contribution in [0.2, 0.25) is 0 Å². The number of rotatable bonds is 2. The van der Waals surface area contributed by atoms with Crippen molar-refractivity contribution < 1.29 is 0 Å². The van der Waals surface area contributed by atoms with Crippen LogP contribution in [-0.4, -0.2) is 14.6 Å². The number of nitrogens with zero attached hydrogens (tertiary/aromatic N) is 4. The van der Waals surface area contributed by atoms with Crippen molar-refractivity contribution in [2.75, 3.05) is 0 Å². The fraction of sp³-hybridized carbons (Fsp3) is 0.0952. The van der Waals surface area contributed by atoms with Gasteiger partial charge in [0.1, 0.15) is 0 Å². The molecule has 0 saturated heterocycles. The number of benzene rings is 2. The lowest BCUT2D eigenvalue weighted by Gasteiger charge is -2.06. The molecule has 0 radical (unpaired) electrons. The van der Waals surface area contributed by atoms with Crippen LogP contribution in [0.25, 0.3) is 28.0 Å². The van der Waals surface area contributed by atoms with Crippen LogP contribution in [0.1, 0.15) is 16.7 Å². The molecule has 0 bridgehead atoms. The highest BCUT2D eigenvalue weighted by Crippen LogP contribution is 2.28. The predicted molar refractivity (Wildman–Crippen MR) is 98.0 cm³/mol. The number of aryl methyl sites for hydroxylation is 2. The fourth-order valence-electron chi connectivity index (χ4n) is 3.19. The van der Waals surface area contributed by atoms with Crippen LogP contribution >= 0.6 is 0 Å². The van der Waals surface area contributed by atoms with Gasteiger partial charge >= 0.3 is 0 Å². The zero-order valence-electron chi connectivity index (χ0n) is 14.1. The van der Waals surface area contributed by atoms with Gasteiger partial charge in [-0.3, -0.25) is 0 Å². The Kier molecular flexibility index (Phi) is 3.55. The van der Waals surface area contributed by atoms with Crippen molar-refractivity contribution in [3.8, 4) is 28.5 Å². The van der Waals surface area contributed by atoms with E-state index in [0.717, 1.165) is 28.0 Å². The summed E-state index contributed by atoms with van der Waals surface area (Å²) in [5.41, 5.74) is 7.85. The van der Waals surface area contributed by atoms with Gasteiger partial charge in [0.2, 0.25) is 0 Å². The molecule has 4 rings (SSSR count). The average molecular weight is 324 g/mol. The molecule has 0 saturated carbocycles. The van der Waals surface area contributed by atoms with Gasteiger partial charge in [0, 0.05) is 17.3 Å². The SMILES string of the molecule is Cc1cc(C)cc(-c2cnn3c(-c4cccc(C#N)c4)ccnc23)c1. The second-order valence-corrected chi connectivity index (χ2v) is 6.19. The van der Waals surface area contributed by atoms with Crippen molar-refractivity contribution in [1.82, 2.24) is 14.6 Å². The first-order valence-electron chi connectivity index (χ1n) is 8.07. The maximum atomic E-state index is 9.14. The maximum Gasteiger partial charge on any atom is 0.163 e. The zero-order chi connectivity index (χ0) is 17.4. The molecule has 0 amide bonds. The monoisotopic (exact) mass is 324 g/mol. The molecule has 0 atom stereocenters. The molecule has 4 nitrogen and oxygen atoms in total. The zero-order valence-corrected chi connectivity index (χ0v) is 14.1. The molecule has 2 aromatic heterocycles. The van der Waals surface area contributed by atoms with E-state index in [0.29, 0.717) is 5.56 Å². The first-order chi connectivity index (χ1) is 12.2. The molecule has 0 fully saturated rings. The molecule has 2 heterocycles. The van der Waals surface area contributed by atoms with Gasteiger partial charge in [-0.1, -0.05) is 41.5 Å². The van der Waals surface area contributed by atoms with Crippen molar-refractivity contribution in [3.63, 3.8) is 0 Å². The number of aromatic nitrogens is 3. The normalized spacial score (nSPS) is 10.8. The second kappa shape index (κ2) is 5.88. The van der Waals surface area contributed by atoms with E-state index < -0.39 is 0 Å². The van der Waals surface area contributed by atoms with E-state index in [1.54, 1.807) is 12.3 Å². The Morgan fingerprint density at radius 3 is 2.52 bits per heavy atom. The van der Waals surface area contributed by atoms with Gasteiger partial charge in [-0.2, -0.15) is 10.4 Å². The number of nitriles is 1. The Morgan fingerprint density at radius 1 is 0.960 bits per heavy atom. The van der Waals surface area contributed by atoms with Crippen LogP contribution in [0.15, 0.2) is 60.9 Å². The summed E-state index contributed by atoms with van der Waals surface area (Å²) in [6.07, 6.45) is 3.64. The molecule has 0 N–H and O–H groups in total. The standard InChI is InChI=1S/C21H16N4/c1-14-8-15(2)10-18(9-14)19-13-24-25-20(6-7-23-21(19)25)17-5-3-4-16(11-17)12-22/h3-11,13H,1-2H3. The van der Waals surface area contributed by atoms with Crippen molar-refractivity contribution in [2.45, 2.75) is 13.8 Å². The van der Waals surface area contributed by atoms with Gasteiger partial charge in [-0.05, 0) is 37.6 Å². The molecule has 0 spiro atoms. The van der Waals surface area contributed by atoms with E-state index in [4.69, 9.17) is 5.26 Å². The Hall–Kier alpha value is -3.45. The lowest BCUT2D eigenvalue weighted by atomic mass is 10.0. The van der Waals surface area contributed by atoms with Crippen LogP contribution < -0.4 is 0 Å². The van der Waals surface area contributed by atoms with E-state index in [1.807, 2.05) is 35.0 Å². The average Bonchev–Trinajstić information content (AvgIpc) is 3.05. The van der Waals surface area contributed by atoms with Gasteiger partial charge < -0.3 is 0 Å². The summed E-state index contributed by atoms with van der Waals surface area (Å²) in [4.78, 5) is 4.54. The lowest BCUT2D eigenvalue weighted by Crippen LogP contribution is -1.96. The fourth-order valence-corrected chi connectivity index (χ4v) is 3.19. The van der Waals surface area contributed by atoms with Crippen LogP contribution in [0.5, 0.6) is 0 Å². The van der Waals surface area contributed by atoms with E-state index in [-0.39, 0.29) is 0 Å². The second-order valence-electron chi connectivity index (χ2n) is 6.19. The molecular formula is C21H16N4. The van der Waals surface area contributed by atoms with Crippen molar-refractivity contribution in [3.05, 3.63) is 77.6 Å². The third-order valence-electron chi connectivity index (χ3n) is 4.22. The molecular weight excluding hydrogens is 308 g/mol. The van der Waals surface area contributed by atoms with Crippen LogP contribution in [0.4, 0.5) is 0 Å². The Morgan fingerprint density at radius 2 is 1.76 bits per heavy atom. The summed E-state index contributed by atoms with van der Waals surface area (Å²) in [6, 6.07) is 18.1. The van der Waals surface area contributed by atoms with Crippen molar-refractivity contribution >= 4 is 5.65 Å². The minimum Gasteiger partial charge on any atom is -0.236 e. The first-order valence-corrected chi connectivity index (χ1v) is 8.07. The highest BCUT2D eigenvalue weighted by Gasteiger charge is 2.12. The molecule has 25 heavy (non-hydrogen) atoms. The van der Waals surface area contributed by atoms with Gasteiger partial charge in [0.05, 0.1) is 23.5 Å². The highest BCUT2D eigenvalue weighted by atomic mass is 15.3. The molecule has 2 aromatic carbocycles. The quantitative estimate of drug-likeness (QED) is 0.543. The van der Waals surface area contributed by atoms with E-state index in [1.165, 1.54) is 11.1 Å². The van der Waals surface area contributed by atoms with Crippen LogP contribution in [0.3, 0.4) is 0 Å². The van der Waals surface area contributed by atoms with E-state index in [2.05, 4.69) is 48.2 Å². The number of hydrogen-bond acceptors (Lipinski definition) is 3. The molecule has 0 aliphatic heterocycles. The number of hydrogen-bond donors (Lipinski definition) is 0. The summed E-state index contributed by atoms with van der Waals surface area (Å²) < 4.78 is 1.84.